The summed E-state index contributed by atoms with van der Waals surface area (Å²) < 4.78 is 5.42. The Morgan fingerprint density at radius 2 is 1.74 bits per heavy atom. The van der Waals surface area contributed by atoms with E-state index in [1.165, 1.54) is 0 Å². The van der Waals surface area contributed by atoms with Gasteiger partial charge in [0.05, 0.1) is 6.26 Å². The van der Waals surface area contributed by atoms with Crippen LogP contribution in [-0.4, -0.2) is 32.0 Å². The van der Waals surface area contributed by atoms with Crippen LogP contribution in [0.15, 0.2) is 53.1 Å². The molecule has 4 heteroatoms. The Morgan fingerprint density at radius 3 is 2.26 bits per heavy atom. The van der Waals surface area contributed by atoms with E-state index in [0.29, 0.717) is 5.76 Å². The maximum absolute atomic E-state index is 12.4. The second-order valence-corrected chi connectivity index (χ2v) is 4.60. The molecular weight excluding hydrogens is 240 g/mol. The summed E-state index contributed by atoms with van der Waals surface area (Å²) in [5, 5.41) is 0. The zero-order valence-corrected chi connectivity index (χ0v) is 11.4. The highest BCUT2D eigenvalue weighted by Crippen LogP contribution is 2.27. The number of carbonyl (C=O) groups is 1. The van der Waals surface area contributed by atoms with Crippen LogP contribution in [0.25, 0.3) is 0 Å². The van der Waals surface area contributed by atoms with Crippen molar-refractivity contribution in [1.29, 1.82) is 0 Å². The van der Waals surface area contributed by atoms with Crippen molar-refractivity contribution >= 4 is 11.6 Å². The van der Waals surface area contributed by atoms with E-state index < -0.39 is 6.04 Å². The summed E-state index contributed by atoms with van der Waals surface area (Å²) in [6, 6.07) is 13.0. The highest BCUT2D eigenvalue weighted by Gasteiger charge is 2.29. The zero-order chi connectivity index (χ0) is 13.8. The van der Waals surface area contributed by atoms with E-state index in [4.69, 9.17) is 4.42 Å². The van der Waals surface area contributed by atoms with Gasteiger partial charge >= 0.3 is 0 Å². The molecule has 0 N–H and O–H groups in total. The van der Waals surface area contributed by atoms with Crippen molar-refractivity contribution in [1.82, 2.24) is 4.90 Å². The van der Waals surface area contributed by atoms with Crippen LogP contribution < -0.4 is 4.90 Å². The van der Waals surface area contributed by atoms with Crippen LogP contribution in [0.4, 0.5) is 5.69 Å². The van der Waals surface area contributed by atoms with Gasteiger partial charge in [-0.1, -0.05) is 18.2 Å². The van der Waals surface area contributed by atoms with E-state index in [-0.39, 0.29) is 5.91 Å². The highest BCUT2D eigenvalue weighted by molar-refractivity contribution is 5.85. The Labute approximate surface area is 113 Å². The van der Waals surface area contributed by atoms with Gasteiger partial charge in [0, 0.05) is 26.8 Å². The molecule has 1 aromatic carbocycles. The summed E-state index contributed by atoms with van der Waals surface area (Å²) in [6.07, 6.45) is 1.59. The number of hydrogen-bond donors (Lipinski definition) is 0. The Morgan fingerprint density at radius 1 is 1.05 bits per heavy atom. The SMILES string of the molecule is CN(C)C(=O)C(c1ccco1)N(C)c1ccccc1. The molecule has 0 spiro atoms. The van der Waals surface area contributed by atoms with Crippen LogP contribution >= 0.6 is 0 Å². The Balaban J connectivity index is 2.36. The van der Waals surface area contributed by atoms with E-state index in [2.05, 4.69) is 0 Å². The van der Waals surface area contributed by atoms with E-state index >= 15 is 0 Å². The number of nitrogens with zero attached hydrogens (tertiary/aromatic N) is 2. The third-order valence-corrected chi connectivity index (χ3v) is 3.04. The topological polar surface area (TPSA) is 36.7 Å². The molecule has 1 aromatic heterocycles. The summed E-state index contributed by atoms with van der Waals surface area (Å²) in [7, 11) is 5.39. The van der Waals surface area contributed by atoms with Crippen LogP contribution in [0.3, 0.4) is 0 Å². The quantitative estimate of drug-likeness (QED) is 0.845. The first-order valence-electron chi connectivity index (χ1n) is 6.13. The van der Waals surface area contributed by atoms with Crippen molar-refractivity contribution in [3.8, 4) is 0 Å². The molecule has 0 aliphatic rings. The fourth-order valence-electron chi connectivity index (χ4n) is 1.98. The van der Waals surface area contributed by atoms with Gasteiger partial charge in [-0.15, -0.1) is 0 Å². The maximum Gasteiger partial charge on any atom is 0.252 e. The lowest BCUT2D eigenvalue weighted by atomic mass is 10.1. The molecule has 0 aliphatic heterocycles. The van der Waals surface area contributed by atoms with Gasteiger partial charge in [-0.3, -0.25) is 4.79 Å². The second-order valence-electron chi connectivity index (χ2n) is 4.60. The minimum absolute atomic E-state index is 0.0127. The molecule has 2 aromatic rings. The lowest BCUT2D eigenvalue weighted by Gasteiger charge is -2.29. The van der Waals surface area contributed by atoms with Crippen molar-refractivity contribution in [2.45, 2.75) is 6.04 Å². The third-order valence-electron chi connectivity index (χ3n) is 3.04. The van der Waals surface area contributed by atoms with Crippen molar-refractivity contribution in [2.75, 3.05) is 26.0 Å². The smallest absolute Gasteiger partial charge is 0.252 e. The van der Waals surface area contributed by atoms with Gasteiger partial charge in [-0.2, -0.15) is 0 Å². The van der Waals surface area contributed by atoms with Crippen LogP contribution in [0.1, 0.15) is 11.8 Å². The molecule has 1 unspecified atom stereocenters. The lowest BCUT2D eigenvalue weighted by molar-refractivity contribution is -0.130. The summed E-state index contributed by atoms with van der Waals surface area (Å²) >= 11 is 0. The number of hydrogen-bond acceptors (Lipinski definition) is 3. The summed E-state index contributed by atoms with van der Waals surface area (Å²) in [4.78, 5) is 15.9. The second kappa shape index (κ2) is 5.61. The number of amides is 1. The minimum Gasteiger partial charge on any atom is -0.467 e. The molecule has 0 fully saturated rings. The Bertz CT molecular complexity index is 520. The standard InChI is InChI=1S/C15H18N2O2/c1-16(2)15(18)14(13-10-7-11-19-13)17(3)12-8-5-4-6-9-12/h4-11,14H,1-3H3. The molecule has 100 valence electrons. The molecule has 19 heavy (non-hydrogen) atoms. The van der Waals surface area contributed by atoms with Gasteiger partial charge in [-0.25, -0.2) is 0 Å². The first-order valence-corrected chi connectivity index (χ1v) is 6.13. The van der Waals surface area contributed by atoms with Gasteiger partial charge in [0.2, 0.25) is 0 Å². The fourth-order valence-corrected chi connectivity index (χ4v) is 1.98. The Hall–Kier alpha value is -2.23. The maximum atomic E-state index is 12.4. The number of anilines is 1. The van der Waals surface area contributed by atoms with E-state index in [1.54, 1.807) is 31.3 Å². The minimum atomic E-state index is -0.451. The molecule has 0 aliphatic carbocycles. The van der Waals surface area contributed by atoms with Gasteiger partial charge in [0.1, 0.15) is 5.76 Å². The predicted molar refractivity (Wildman–Crippen MR) is 75.0 cm³/mol. The van der Waals surface area contributed by atoms with Crippen molar-refractivity contribution < 1.29 is 9.21 Å². The summed E-state index contributed by atoms with van der Waals surface area (Å²) in [6.45, 7) is 0. The van der Waals surface area contributed by atoms with Crippen LogP contribution in [0.2, 0.25) is 0 Å². The molecule has 0 radical (unpaired) electrons. The van der Waals surface area contributed by atoms with E-state index in [9.17, 15) is 4.79 Å². The average molecular weight is 258 g/mol. The van der Waals surface area contributed by atoms with Crippen LogP contribution in [0.5, 0.6) is 0 Å². The van der Waals surface area contributed by atoms with Crippen molar-refractivity contribution in [3.05, 3.63) is 54.5 Å². The lowest BCUT2D eigenvalue weighted by Crippen LogP contribution is -2.38. The summed E-state index contributed by atoms with van der Waals surface area (Å²) in [5.74, 6) is 0.631. The van der Waals surface area contributed by atoms with Crippen LogP contribution in [-0.2, 0) is 4.79 Å². The van der Waals surface area contributed by atoms with Crippen molar-refractivity contribution in [2.24, 2.45) is 0 Å². The van der Waals surface area contributed by atoms with E-state index in [0.717, 1.165) is 5.69 Å². The van der Waals surface area contributed by atoms with Gasteiger partial charge in [-0.05, 0) is 24.3 Å². The first-order chi connectivity index (χ1) is 9.11. The van der Waals surface area contributed by atoms with Gasteiger partial charge in [0.15, 0.2) is 6.04 Å². The number of rotatable bonds is 4. The molecule has 1 heterocycles. The average Bonchev–Trinajstić information content (AvgIpc) is 2.93. The normalized spacial score (nSPS) is 11.9. The summed E-state index contributed by atoms with van der Waals surface area (Å²) in [5.41, 5.74) is 0.971. The Kier molecular flexibility index (Phi) is 3.90. The highest BCUT2D eigenvalue weighted by atomic mass is 16.3. The monoisotopic (exact) mass is 258 g/mol. The molecule has 4 nitrogen and oxygen atoms in total. The molecule has 1 amide bonds. The largest absolute Gasteiger partial charge is 0.467 e. The van der Waals surface area contributed by atoms with Crippen LogP contribution in [0, 0.1) is 0 Å². The number of likely N-dealkylation sites (N-methyl/N-ethyl adjacent to an activating group) is 2. The molecule has 0 saturated heterocycles. The third kappa shape index (κ3) is 2.78. The molecule has 0 bridgehead atoms. The first kappa shape index (κ1) is 13.2. The van der Waals surface area contributed by atoms with Gasteiger partial charge < -0.3 is 14.2 Å². The zero-order valence-electron chi connectivity index (χ0n) is 11.4. The molecular formula is C15H18N2O2. The number of carbonyl (C=O) groups excluding carboxylic acids is 1. The van der Waals surface area contributed by atoms with Crippen molar-refractivity contribution in [3.63, 3.8) is 0 Å². The number of benzene rings is 1. The molecule has 0 saturated carbocycles. The molecule has 1 atom stereocenters. The number of para-hydroxylation sites is 1. The molecule has 2 rings (SSSR count). The predicted octanol–water partition coefficient (Wildman–Crippen LogP) is 2.55. The fraction of sp³-hybridized carbons (Fsp3) is 0.267. The van der Waals surface area contributed by atoms with E-state index in [1.807, 2.05) is 48.3 Å². The number of furan rings is 1. The van der Waals surface area contributed by atoms with Gasteiger partial charge in [0.25, 0.3) is 5.91 Å².